The molecular weight excluding hydrogens is 294 g/mol. The largest absolute Gasteiger partial charge is 0.496 e. The van der Waals surface area contributed by atoms with E-state index >= 15 is 0 Å². The summed E-state index contributed by atoms with van der Waals surface area (Å²) in [7, 11) is 1.61. The number of amides is 1. The summed E-state index contributed by atoms with van der Waals surface area (Å²) in [6, 6.07) is 5.36. The quantitative estimate of drug-likeness (QED) is 0.906. The summed E-state index contributed by atoms with van der Waals surface area (Å²) in [5.41, 5.74) is 0.658. The standard InChI is InChI=1S/C14H18BrNO2/c1-9(10-3-4-10)8-16-14(17)11-5-6-13(18-2)12(15)7-11/h5-7,9-10H,3-4,8H2,1-2H3,(H,16,17). The lowest BCUT2D eigenvalue weighted by atomic mass is 10.1. The molecule has 4 heteroatoms. The molecule has 98 valence electrons. The third kappa shape index (κ3) is 3.25. The number of hydrogen-bond donors (Lipinski definition) is 1. The molecule has 1 atom stereocenters. The van der Waals surface area contributed by atoms with Crippen LogP contribution in [0.25, 0.3) is 0 Å². The molecule has 1 saturated carbocycles. The van der Waals surface area contributed by atoms with E-state index in [2.05, 4.69) is 28.2 Å². The zero-order valence-electron chi connectivity index (χ0n) is 10.7. The van der Waals surface area contributed by atoms with Crippen LogP contribution in [0.15, 0.2) is 22.7 Å². The number of methoxy groups -OCH3 is 1. The minimum atomic E-state index is -0.0224. The predicted molar refractivity (Wildman–Crippen MR) is 74.9 cm³/mol. The molecule has 1 aliphatic carbocycles. The number of carbonyl (C=O) groups is 1. The van der Waals surface area contributed by atoms with Gasteiger partial charge in [-0.15, -0.1) is 0 Å². The predicted octanol–water partition coefficient (Wildman–Crippen LogP) is 3.23. The van der Waals surface area contributed by atoms with Gasteiger partial charge in [-0.05, 0) is 58.8 Å². The highest BCUT2D eigenvalue weighted by molar-refractivity contribution is 9.10. The van der Waals surface area contributed by atoms with Gasteiger partial charge in [0.2, 0.25) is 0 Å². The van der Waals surface area contributed by atoms with Crippen LogP contribution in [0.1, 0.15) is 30.1 Å². The van der Waals surface area contributed by atoms with Crippen LogP contribution in [0, 0.1) is 11.8 Å². The van der Waals surface area contributed by atoms with Crippen molar-refractivity contribution in [3.8, 4) is 5.75 Å². The molecule has 3 nitrogen and oxygen atoms in total. The monoisotopic (exact) mass is 311 g/mol. The number of benzene rings is 1. The maximum absolute atomic E-state index is 12.0. The summed E-state index contributed by atoms with van der Waals surface area (Å²) >= 11 is 3.38. The molecule has 18 heavy (non-hydrogen) atoms. The highest BCUT2D eigenvalue weighted by Crippen LogP contribution is 2.36. The van der Waals surface area contributed by atoms with Gasteiger partial charge in [-0.25, -0.2) is 0 Å². The lowest BCUT2D eigenvalue weighted by molar-refractivity contribution is 0.0946. The lowest BCUT2D eigenvalue weighted by Gasteiger charge is -2.12. The lowest BCUT2D eigenvalue weighted by Crippen LogP contribution is -2.28. The molecule has 0 saturated heterocycles. The van der Waals surface area contributed by atoms with Gasteiger partial charge in [0.15, 0.2) is 0 Å². The summed E-state index contributed by atoms with van der Waals surface area (Å²) in [6.07, 6.45) is 2.62. The fraction of sp³-hybridized carbons (Fsp3) is 0.500. The molecule has 0 aliphatic heterocycles. The molecule has 1 amide bonds. The van der Waals surface area contributed by atoms with Crippen LogP contribution in [0.5, 0.6) is 5.75 Å². The van der Waals surface area contributed by atoms with Gasteiger partial charge in [0, 0.05) is 12.1 Å². The minimum Gasteiger partial charge on any atom is -0.496 e. The van der Waals surface area contributed by atoms with Crippen LogP contribution < -0.4 is 10.1 Å². The molecule has 2 rings (SSSR count). The average molecular weight is 312 g/mol. The maximum atomic E-state index is 12.0. The van der Waals surface area contributed by atoms with Crippen molar-refractivity contribution in [1.29, 1.82) is 0 Å². The second-order valence-corrected chi connectivity index (χ2v) is 5.73. The topological polar surface area (TPSA) is 38.3 Å². The van der Waals surface area contributed by atoms with Gasteiger partial charge in [-0.3, -0.25) is 4.79 Å². The van der Waals surface area contributed by atoms with Crippen LogP contribution in [0.4, 0.5) is 0 Å². The van der Waals surface area contributed by atoms with Crippen molar-refractivity contribution in [2.75, 3.05) is 13.7 Å². The molecule has 0 bridgehead atoms. The summed E-state index contributed by atoms with van der Waals surface area (Å²) in [6.45, 7) is 2.95. The highest BCUT2D eigenvalue weighted by Gasteiger charge is 2.27. The Balaban J connectivity index is 1.93. The van der Waals surface area contributed by atoms with E-state index in [4.69, 9.17) is 4.74 Å². The minimum absolute atomic E-state index is 0.0224. The van der Waals surface area contributed by atoms with E-state index in [0.717, 1.165) is 22.7 Å². The summed E-state index contributed by atoms with van der Waals surface area (Å²) in [5, 5.41) is 2.98. The van der Waals surface area contributed by atoms with Crippen molar-refractivity contribution in [1.82, 2.24) is 5.32 Å². The first kappa shape index (κ1) is 13.4. The van der Waals surface area contributed by atoms with Gasteiger partial charge in [0.05, 0.1) is 11.6 Å². The molecule has 0 aromatic heterocycles. The van der Waals surface area contributed by atoms with Crippen LogP contribution in [-0.2, 0) is 0 Å². The Morgan fingerprint density at radius 2 is 2.28 bits per heavy atom. The molecule has 1 unspecified atom stereocenters. The number of ether oxygens (including phenoxy) is 1. The zero-order chi connectivity index (χ0) is 13.1. The Kier molecular flexibility index (Phi) is 4.27. The third-order valence-corrected chi connectivity index (χ3v) is 4.05. The number of nitrogens with one attached hydrogen (secondary N) is 1. The van der Waals surface area contributed by atoms with E-state index in [0.29, 0.717) is 11.5 Å². The zero-order valence-corrected chi connectivity index (χ0v) is 12.3. The Labute approximate surface area is 116 Å². The Hall–Kier alpha value is -1.03. The highest BCUT2D eigenvalue weighted by atomic mass is 79.9. The molecule has 0 heterocycles. The number of halogens is 1. The second-order valence-electron chi connectivity index (χ2n) is 4.87. The summed E-state index contributed by atoms with van der Waals surface area (Å²) < 4.78 is 5.94. The molecule has 1 aromatic rings. The Morgan fingerprint density at radius 1 is 1.56 bits per heavy atom. The number of rotatable bonds is 5. The first-order valence-corrected chi connectivity index (χ1v) is 7.03. The fourth-order valence-electron chi connectivity index (χ4n) is 2.00. The molecule has 0 radical (unpaired) electrons. The molecule has 1 fully saturated rings. The van der Waals surface area contributed by atoms with Crippen molar-refractivity contribution in [3.63, 3.8) is 0 Å². The van der Waals surface area contributed by atoms with Crippen LogP contribution >= 0.6 is 15.9 Å². The van der Waals surface area contributed by atoms with Gasteiger partial charge in [0.1, 0.15) is 5.75 Å². The van der Waals surface area contributed by atoms with Crippen LogP contribution in [-0.4, -0.2) is 19.6 Å². The van der Waals surface area contributed by atoms with Crippen molar-refractivity contribution in [3.05, 3.63) is 28.2 Å². The van der Waals surface area contributed by atoms with E-state index in [-0.39, 0.29) is 5.91 Å². The van der Waals surface area contributed by atoms with E-state index in [1.54, 1.807) is 25.3 Å². The van der Waals surface area contributed by atoms with E-state index in [9.17, 15) is 4.79 Å². The van der Waals surface area contributed by atoms with Crippen molar-refractivity contribution < 1.29 is 9.53 Å². The van der Waals surface area contributed by atoms with Gasteiger partial charge < -0.3 is 10.1 Å². The second kappa shape index (κ2) is 5.74. The van der Waals surface area contributed by atoms with E-state index in [1.165, 1.54) is 12.8 Å². The summed E-state index contributed by atoms with van der Waals surface area (Å²) in [4.78, 5) is 12.0. The molecule has 0 spiro atoms. The van der Waals surface area contributed by atoms with E-state index < -0.39 is 0 Å². The van der Waals surface area contributed by atoms with Crippen LogP contribution in [0.3, 0.4) is 0 Å². The third-order valence-electron chi connectivity index (χ3n) is 3.43. The van der Waals surface area contributed by atoms with Gasteiger partial charge >= 0.3 is 0 Å². The Morgan fingerprint density at radius 3 is 2.83 bits per heavy atom. The van der Waals surface area contributed by atoms with Crippen molar-refractivity contribution in [2.45, 2.75) is 19.8 Å². The molecule has 1 aromatic carbocycles. The van der Waals surface area contributed by atoms with Gasteiger partial charge in [0.25, 0.3) is 5.91 Å². The van der Waals surface area contributed by atoms with Gasteiger partial charge in [-0.1, -0.05) is 6.92 Å². The van der Waals surface area contributed by atoms with Crippen LogP contribution in [0.2, 0.25) is 0 Å². The molecule has 1 aliphatic rings. The van der Waals surface area contributed by atoms with Gasteiger partial charge in [-0.2, -0.15) is 0 Å². The number of carbonyl (C=O) groups excluding carboxylic acids is 1. The first-order valence-electron chi connectivity index (χ1n) is 6.23. The number of hydrogen-bond acceptors (Lipinski definition) is 2. The van der Waals surface area contributed by atoms with Crippen molar-refractivity contribution in [2.24, 2.45) is 11.8 Å². The van der Waals surface area contributed by atoms with E-state index in [1.807, 2.05) is 0 Å². The first-order chi connectivity index (χ1) is 8.61. The Bertz CT molecular complexity index is 443. The normalized spacial score (nSPS) is 16.2. The molecular formula is C14H18BrNO2. The maximum Gasteiger partial charge on any atom is 0.251 e. The smallest absolute Gasteiger partial charge is 0.251 e. The SMILES string of the molecule is COc1ccc(C(=O)NCC(C)C2CC2)cc1Br. The average Bonchev–Trinajstić information content (AvgIpc) is 3.19. The fourth-order valence-corrected chi connectivity index (χ4v) is 2.54. The molecule has 1 N–H and O–H groups in total. The van der Waals surface area contributed by atoms with Crippen molar-refractivity contribution >= 4 is 21.8 Å². The summed E-state index contributed by atoms with van der Waals surface area (Å²) in [5.74, 6) is 2.10.